The van der Waals surface area contributed by atoms with Crippen molar-refractivity contribution in [1.29, 1.82) is 0 Å². The largest absolute Gasteiger partial charge is 0.494 e. The van der Waals surface area contributed by atoms with Crippen molar-refractivity contribution in [3.63, 3.8) is 0 Å². The molecule has 3 rings (SSSR count). The highest BCUT2D eigenvalue weighted by molar-refractivity contribution is 7.92. The molecule has 3 aromatic rings. The Labute approximate surface area is 174 Å². The van der Waals surface area contributed by atoms with Gasteiger partial charge in [0.05, 0.1) is 11.5 Å². The van der Waals surface area contributed by atoms with Crippen LogP contribution in [0.15, 0.2) is 77.7 Å². The van der Waals surface area contributed by atoms with Crippen LogP contribution >= 0.6 is 11.6 Å². The predicted molar refractivity (Wildman–Crippen MR) is 114 cm³/mol. The standard InChI is InChI=1S/C21H19ClN2O4S/c1-2-28-19-10-12-20(13-11-19)29(26,27)24-17-8-6-15(7-9-17)21(25)23-18-5-3-4-16(22)14-18/h3-14,24H,2H2,1H3,(H,23,25). The number of nitrogens with one attached hydrogen (secondary N) is 2. The van der Waals surface area contributed by atoms with Crippen LogP contribution in [-0.2, 0) is 10.0 Å². The number of carbonyl (C=O) groups excluding carboxylic acids is 1. The van der Waals surface area contributed by atoms with E-state index >= 15 is 0 Å². The first-order chi connectivity index (χ1) is 13.9. The molecule has 0 heterocycles. The first-order valence-electron chi connectivity index (χ1n) is 8.80. The molecule has 150 valence electrons. The number of sulfonamides is 1. The van der Waals surface area contributed by atoms with Gasteiger partial charge in [-0.2, -0.15) is 0 Å². The van der Waals surface area contributed by atoms with Crippen molar-refractivity contribution in [2.24, 2.45) is 0 Å². The summed E-state index contributed by atoms with van der Waals surface area (Å²) in [7, 11) is -3.75. The maximum Gasteiger partial charge on any atom is 0.261 e. The van der Waals surface area contributed by atoms with Gasteiger partial charge in [-0.25, -0.2) is 8.42 Å². The summed E-state index contributed by atoms with van der Waals surface area (Å²) in [5.74, 6) is 0.273. The molecule has 0 aliphatic carbocycles. The lowest BCUT2D eigenvalue weighted by Gasteiger charge is -2.10. The number of carbonyl (C=O) groups is 1. The molecule has 0 fully saturated rings. The predicted octanol–water partition coefficient (Wildman–Crippen LogP) is 4.79. The molecule has 0 radical (unpaired) electrons. The van der Waals surface area contributed by atoms with Crippen LogP contribution in [0.4, 0.5) is 11.4 Å². The normalized spacial score (nSPS) is 11.0. The van der Waals surface area contributed by atoms with Crippen LogP contribution in [0, 0.1) is 0 Å². The Balaban J connectivity index is 1.68. The zero-order valence-corrected chi connectivity index (χ0v) is 17.1. The van der Waals surface area contributed by atoms with Gasteiger partial charge in [-0.05, 0) is 73.7 Å². The smallest absolute Gasteiger partial charge is 0.261 e. The van der Waals surface area contributed by atoms with Gasteiger partial charge in [-0.15, -0.1) is 0 Å². The van der Waals surface area contributed by atoms with Gasteiger partial charge in [-0.1, -0.05) is 17.7 Å². The highest BCUT2D eigenvalue weighted by atomic mass is 35.5. The molecule has 0 aliphatic rings. The van der Waals surface area contributed by atoms with Crippen LogP contribution in [0.1, 0.15) is 17.3 Å². The fourth-order valence-corrected chi connectivity index (χ4v) is 3.80. The van der Waals surface area contributed by atoms with Crippen LogP contribution in [0.2, 0.25) is 5.02 Å². The Hall–Kier alpha value is -3.03. The van der Waals surface area contributed by atoms with Crippen molar-refractivity contribution >= 4 is 38.9 Å². The summed E-state index contributed by atoms with van der Waals surface area (Å²) < 4.78 is 32.8. The van der Waals surface area contributed by atoms with Gasteiger partial charge in [0.25, 0.3) is 15.9 Å². The van der Waals surface area contributed by atoms with Crippen molar-refractivity contribution in [1.82, 2.24) is 0 Å². The molecule has 3 aromatic carbocycles. The van der Waals surface area contributed by atoms with E-state index in [1.54, 1.807) is 36.4 Å². The zero-order valence-electron chi connectivity index (χ0n) is 15.6. The molecule has 6 nitrogen and oxygen atoms in total. The number of hydrogen-bond donors (Lipinski definition) is 2. The number of rotatable bonds is 7. The maximum atomic E-state index is 12.5. The lowest BCUT2D eigenvalue weighted by Crippen LogP contribution is -2.14. The van der Waals surface area contributed by atoms with Gasteiger partial charge >= 0.3 is 0 Å². The van der Waals surface area contributed by atoms with Crippen molar-refractivity contribution in [3.05, 3.63) is 83.4 Å². The number of hydrogen-bond acceptors (Lipinski definition) is 4. The molecule has 0 aliphatic heterocycles. The topological polar surface area (TPSA) is 84.5 Å². The van der Waals surface area contributed by atoms with E-state index < -0.39 is 10.0 Å². The molecule has 0 aromatic heterocycles. The molecule has 0 atom stereocenters. The summed E-state index contributed by atoms with van der Waals surface area (Å²) in [6, 6.07) is 19.1. The molecule has 2 N–H and O–H groups in total. The van der Waals surface area contributed by atoms with E-state index in [1.165, 1.54) is 36.4 Å². The molecular formula is C21H19ClN2O4S. The molecule has 8 heteroatoms. The second-order valence-corrected chi connectivity index (χ2v) is 8.17. The number of anilines is 2. The fraction of sp³-hybridized carbons (Fsp3) is 0.0952. The quantitative estimate of drug-likeness (QED) is 0.564. The Bertz CT molecular complexity index is 1100. The summed E-state index contributed by atoms with van der Waals surface area (Å²) >= 11 is 5.91. The summed E-state index contributed by atoms with van der Waals surface area (Å²) in [5.41, 5.74) is 1.30. The minimum absolute atomic E-state index is 0.115. The minimum Gasteiger partial charge on any atom is -0.494 e. The molecule has 1 amide bonds. The molecule has 29 heavy (non-hydrogen) atoms. The Morgan fingerprint density at radius 2 is 1.66 bits per heavy atom. The van der Waals surface area contributed by atoms with Gasteiger partial charge in [0, 0.05) is 22.0 Å². The minimum atomic E-state index is -3.75. The maximum absolute atomic E-state index is 12.5. The van der Waals surface area contributed by atoms with E-state index in [4.69, 9.17) is 16.3 Å². The van der Waals surface area contributed by atoms with Crippen LogP contribution in [0.25, 0.3) is 0 Å². The summed E-state index contributed by atoms with van der Waals surface area (Å²) in [4.78, 5) is 12.4. The van der Waals surface area contributed by atoms with Crippen molar-refractivity contribution < 1.29 is 17.9 Å². The van der Waals surface area contributed by atoms with Gasteiger partial charge in [0.1, 0.15) is 5.75 Å². The Morgan fingerprint density at radius 1 is 0.966 bits per heavy atom. The second kappa shape index (κ2) is 8.98. The van der Waals surface area contributed by atoms with E-state index in [9.17, 15) is 13.2 Å². The van der Waals surface area contributed by atoms with Crippen LogP contribution in [0.5, 0.6) is 5.75 Å². The number of amides is 1. The molecule has 0 saturated heterocycles. The summed E-state index contributed by atoms with van der Waals surface area (Å²) in [5, 5.41) is 3.25. The van der Waals surface area contributed by atoms with Crippen molar-refractivity contribution in [2.75, 3.05) is 16.6 Å². The van der Waals surface area contributed by atoms with Crippen molar-refractivity contribution in [3.8, 4) is 5.75 Å². The third kappa shape index (κ3) is 5.49. The SMILES string of the molecule is CCOc1ccc(S(=O)(=O)Nc2ccc(C(=O)Nc3cccc(Cl)c3)cc2)cc1. The van der Waals surface area contributed by atoms with Gasteiger partial charge < -0.3 is 10.1 Å². The molecule has 0 bridgehead atoms. The average Bonchev–Trinajstić information content (AvgIpc) is 2.69. The van der Waals surface area contributed by atoms with E-state index in [0.717, 1.165) is 0 Å². The first kappa shape index (κ1) is 20.7. The lowest BCUT2D eigenvalue weighted by atomic mass is 10.2. The lowest BCUT2D eigenvalue weighted by molar-refractivity contribution is 0.102. The van der Waals surface area contributed by atoms with Crippen LogP contribution in [0.3, 0.4) is 0 Å². The van der Waals surface area contributed by atoms with Gasteiger partial charge in [0.15, 0.2) is 0 Å². The fourth-order valence-electron chi connectivity index (χ4n) is 2.55. The van der Waals surface area contributed by atoms with Gasteiger partial charge in [-0.3, -0.25) is 9.52 Å². The van der Waals surface area contributed by atoms with E-state index in [-0.39, 0.29) is 10.8 Å². The van der Waals surface area contributed by atoms with E-state index in [1.807, 2.05) is 6.92 Å². The highest BCUT2D eigenvalue weighted by Gasteiger charge is 2.15. The zero-order chi connectivity index (χ0) is 20.9. The third-order valence-electron chi connectivity index (χ3n) is 3.93. The highest BCUT2D eigenvalue weighted by Crippen LogP contribution is 2.20. The summed E-state index contributed by atoms with van der Waals surface area (Å²) in [6.07, 6.45) is 0. The molecule has 0 saturated carbocycles. The van der Waals surface area contributed by atoms with Crippen LogP contribution in [-0.4, -0.2) is 20.9 Å². The number of ether oxygens (including phenoxy) is 1. The van der Waals surface area contributed by atoms with Crippen LogP contribution < -0.4 is 14.8 Å². The average molecular weight is 431 g/mol. The Morgan fingerprint density at radius 3 is 2.28 bits per heavy atom. The molecule has 0 unspecified atom stereocenters. The molecule has 0 spiro atoms. The Kier molecular flexibility index (Phi) is 6.41. The van der Waals surface area contributed by atoms with Crippen molar-refractivity contribution in [2.45, 2.75) is 11.8 Å². The number of halogens is 1. The first-order valence-corrected chi connectivity index (χ1v) is 10.7. The summed E-state index contributed by atoms with van der Waals surface area (Å²) in [6.45, 7) is 2.35. The second-order valence-electron chi connectivity index (χ2n) is 6.05. The number of benzene rings is 3. The monoisotopic (exact) mass is 430 g/mol. The van der Waals surface area contributed by atoms with Gasteiger partial charge in [0.2, 0.25) is 0 Å². The third-order valence-corrected chi connectivity index (χ3v) is 5.56. The van der Waals surface area contributed by atoms with E-state index in [0.29, 0.717) is 34.3 Å². The molecular weight excluding hydrogens is 412 g/mol. The van der Waals surface area contributed by atoms with E-state index in [2.05, 4.69) is 10.0 Å².